The fraction of sp³-hybridized carbons (Fsp3) is 0.0435. The van der Waals surface area contributed by atoms with E-state index in [0.29, 0.717) is 0 Å². The standard InChI is InChI=1S/C46H30/c1-3-13-29(14-4-1)33-17-7-9-19-35(33)42-37-21-11-12-22-38(37)43(36-20-10-8-18-34(36)30-15-5-2-6-16-30)46-40-28-26-32-24-23-31-25-27-39(45(42)46)44(40)41(31)32/h1-22,25-28H,23-24H2. The van der Waals surface area contributed by atoms with Gasteiger partial charge in [0.05, 0.1) is 0 Å². The lowest BCUT2D eigenvalue weighted by Gasteiger charge is -2.23. The molecule has 0 heterocycles. The molecule has 0 nitrogen and oxygen atoms in total. The van der Waals surface area contributed by atoms with Gasteiger partial charge >= 0.3 is 0 Å². The van der Waals surface area contributed by atoms with E-state index in [0.717, 1.165) is 12.8 Å². The Kier molecular flexibility index (Phi) is 5.50. The number of fused-ring (bicyclic) bond motifs is 4. The van der Waals surface area contributed by atoms with E-state index in [2.05, 4.69) is 158 Å². The lowest BCUT2D eigenvalue weighted by molar-refractivity contribution is 1.02. The summed E-state index contributed by atoms with van der Waals surface area (Å²) in [6.45, 7) is 0. The van der Waals surface area contributed by atoms with Crippen molar-refractivity contribution in [1.82, 2.24) is 0 Å². The fourth-order valence-corrected chi connectivity index (χ4v) is 8.42. The van der Waals surface area contributed by atoms with Gasteiger partial charge in [0.15, 0.2) is 0 Å². The first-order valence-corrected chi connectivity index (χ1v) is 16.3. The molecule has 0 aliphatic heterocycles. The van der Waals surface area contributed by atoms with Gasteiger partial charge < -0.3 is 0 Å². The molecule has 0 atom stereocenters. The van der Waals surface area contributed by atoms with Crippen LogP contribution in [-0.4, -0.2) is 0 Å². The minimum absolute atomic E-state index is 1.13. The zero-order valence-electron chi connectivity index (χ0n) is 25.4. The third-order valence-corrected chi connectivity index (χ3v) is 10.3. The van der Waals surface area contributed by atoms with Crippen molar-refractivity contribution in [3.05, 3.63) is 169 Å². The van der Waals surface area contributed by atoms with Crippen molar-refractivity contribution in [3.63, 3.8) is 0 Å². The second-order valence-corrected chi connectivity index (χ2v) is 12.7. The van der Waals surface area contributed by atoms with Crippen molar-refractivity contribution in [2.75, 3.05) is 0 Å². The van der Waals surface area contributed by atoms with Gasteiger partial charge in [0.25, 0.3) is 0 Å². The molecule has 0 heteroatoms. The minimum atomic E-state index is 1.13. The number of aryl methyl sites for hydroxylation is 2. The Morgan fingerprint density at radius 1 is 0.261 bits per heavy atom. The van der Waals surface area contributed by atoms with E-state index < -0.39 is 0 Å². The fourth-order valence-electron chi connectivity index (χ4n) is 8.42. The van der Waals surface area contributed by atoms with Gasteiger partial charge in [-0.3, -0.25) is 0 Å². The van der Waals surface area contributed by atoms with Crippen LogP contribution in [0.4, 0.5) is 0 Å². The number of rotatable bonds is 4. The quantitative estimate of drug-likeness (QED) is 0.194. The Hall–Kier alpha value is -5.72. The smallest absolute Gasteiger partial charge is 0.000718 e. The summed E-state index contributed by atoms with van der Waals surface area (Å²) in [7, 11) is 0. The van der Waals surface area contributed by atoms with E-state index in [1.54, 1.807) is 0 Å². The Labute approximate surface area is 269 Å². The predicted octanol–water partition coefficient (Wildman–Crippen LogP) is 12.4. The predicted molar refractivity (Wildman–Crippen MR) is 195 cm³/mol. The molecule has 8 aromatic carbocycles. The van der Waals surface area contributed by atoms with Gasteiger partial charge in [0, 0.05) is 0 Å². The zero-order chi connectivity index (χ0) is 30.2. The summed E-state index contributed by atoms with van der Waals surface area (Å²) in [4.78, 5) is 0. The lowest BCUT2D eigenvalue weighted by Crippen LogP contribution is -1.96. The van der Waals surface area contributed by atoms with Gasteiger partial charge in [0.2, 0.25) is 0 Å². The average Bonchev–Trinajstić information content (AvgIpc) is 3.70. The van der Waals surface area contributed by atoms with E-state index in [1.165, 1.54) is 99.4 Å². The Bertz CT molecular complexity index is 2330. The second kappa shape index (κ2) is 9.89. The summed E-state index contributed by atoms with van der Waals surface area (Å²) in [6, 6.07) is 58.5. The van der Waals surface area contributed by atoms with Crippen molar-refractivity contribution < 1.29 is 0 Å². The third-order valence-electron chi connectivity index (χ3n) is 10.3. The first-order valence-electron chi connectivity index (χ1n) is 16.3. The van der Waals surface area contributed by atoms with Crippen LogP contribution in [0.25, 0.3) is 88.3 Å². The average molecular weight is 583 g/mol. The molecule has 0 amide bonds. The Morgan fingerprint density at radius 2 is 0.652 bits per heavy atom. The molecule has 10 rings (SSSR count). The van der Waals surface area contributed by atoms with Crippen LogP contribution < -0.4 is 0 Å². The maximum Gasteiger partial charge on any atom is -0.000718 e. The van der Waals surface area contributed by atoms with Crippen LogP contribution >= 0.6 is 0 Å². The highest BCUT2D eigenvalue weighted by molar-refractivity contribution is 6.29. The van der Waals surface area contributed by atoms with Gasteiger partial charge in [0.1, 0.15) is 0 Å². The molecule has 0 spiro atoms. The van der Waals surface area contributed by atoms with Crippen LogP contribution in [0.15, 0.2) is 158 Å². The van der Waals surface area contributed by atoms with Crippen LogP contribution in [0.1, 0.15) is 11.1 Å². The van der Waals surface area contributed by atoms with Crippen molar-refractivity contribution in [1.29, 1.82) is 0 Å². The molecule has 2 aliphatic rings. The molecule has 0 saturated carbocycles. The van der Waals surface area contributed by atoms with E-state index in [-0.39, 0.29) is 0 Å². The van der Waals surface area contributed by atoms with Crippen molar-refractivity contribution >= 4 is 21.5 Å². The minimum Gasteiger partial charge on any atom is -0.0622 e. The van der Waals surface area contributed by atoms with Crippen LogP contribution in [0.3, 0.4) is 0 Å². The number of hydrogen-bond donors (Lipinski definition) is 0. The molecule has 0 unspecified atom stereocenters. The second-order valence-electron chi connectivity index (χ2n) is 12.7. The summed E-state index contributed by atoms with van der Waals surface area (Å²) >= 11 is 0. The van der Waals surface area contributed by atoms with Crippen LogP contribution in [0, 0.1) is 0 Å². The molecule has 8 aromatic rings. The van der Waals surface area contributed by atoms with Crippen molar-refractivity contribution in [2.45, 2.75) is 12.8 Å². The summed E-state index contributed by atoms with van der Waals surface area (Å²) in [5.41, 5.74) is 18.7. The monoisotopic (exact) mass is 582 g/mol. The molecule has 0 N–H and O–H groups in total. The highest BCUT2D eigenvalue weighted by atomic mass is 14.4. The first-order chi connectivity index (χ1) is 22.9. The van der Waals surface area contributed by atoms with Gasteiger partial charge in [-0.05, 0) is 112 Å². The molecular formula is C46H30. The zero-order valence-corrected chi connectivity index (χ0v) is 25.4. The molecule has 214 valence electrons. The first kappa shape index (κ1) is 25.6. The number of benzene rings is 8. The van der Waals surface area contributed by atoms with E-state index in [1.807, 2.05) is 0 Å². The summed E-state index contributed by atoms with van der Waals surface area (Å²) in [5, 5.41) is 5.51. The van der Waals surface area contributed by atoms with Crippen LogP contribution in [-0.2, 0) is 12.8 Å². The third kappa shape index (κ3) is 3.56. The van der Waals surface area contributed by atoms with E-state index in [9.17, 15) is 0 Å². The molecule has 0 fully saturated rings. The normalized spacial score (nSPS) is 12.6. The molecule has 0 radical (unpaired) electrons. The van der Waals surface area contributed by atoms with Crippen molar-refractivity contribution in [3.8, 4) is 66.8 Å². The Morgan fingerprint density at radius 3 is 1.11 bits per heavy atom. The van der Waals surface area contributed by atoms with Gasteiger partial charge in [-0.1, -0.05) is 158 Å². The molecule has 0 bridgehead atoms. The van der Waals surface area contributed by atoms with Gasteiger partial charge in [-0.25, -0.2) is 0 Å². The van der Waals surface area contributed by atoms with Crippen molar-refractivity contribution in [2.24, 2.45) is 0 Å². The highest BCUT2D eigenvalue weighted by Gasteiger charge is 2.33. The molecular weight excluding hydrogens is 553 g/mol. The molecule has 0 saturated heterocycles. The van der Waals surface area contributed by atoms with E-state index in [4.69, 9.17) is 0 Å². The van der Waals surface area contributed by atoms with Crippen LogP contribution in [0.5, 0.6) is 0 Å². The summed E-state index contributed by atoms with van der Waals surface area (Å²) in [6.07, 6.45) is 2.25. The highest BCUT2D eigenvalue weighted by Crippen LogP contribution is 2.60. The lowest BCUT2D eigenvalue weighted by atomic mass is 9.79. The summed E-state index contributed by atoms with van der Waals surface area (Å²) in [5.74, 6) is 0. The number of hydrogen-bond acceptors (Lipinski definition) is 0. The molecule has 46 heavy (non-hydrogen) atoms. The maximum atomic E-state index is 2.43. The topological polar surface area (TPSA) is 0 Å². The van der Waals surface area contributed by atoms with Crippen LogP contribution in [0.2, 0.25) is 0 Å². The summed E-state index contributed by atoms with van der Waals surface area (Å²) < 4.78 is 0. The van der Waals surface area contributed by atoms with Gasteiger partial charge in [-0.2, -0.15) is 0 Å². The largest absolute Gasteiger partial charge is 0.0622 e. The Balaban J connectivity index is 1.42. The van der Waals surface area contributed by atoms with Gasteiger partial charge in [-0.15, -0.1) is 0 Å². The maximum absolute atomic E-state index is 2.43. The molecule has 0 aromatic heterocycles. The van der Waals surface area contributed by atoms with E-state index >= 15 is 0 Å². The SMILES string of the molecule is c1ccc(-c2ccccc2-c2c3c(c(-c4ccccc4-c4ccccc4)c4ccccc24)-c2ccc4c5c(ccc-3c25)CC4)cc1. The molecule has 2 aliphatic carbocycles.